The van der Waals surface area contributed by atoms with E-state index < -0.39 is 160 Å². The lowest BCUT2D eigenvalue weighted by Gasteiger charge is -2.49. The number of hydrogen-bond acceptors (Lipinski definition) is 21. The van der Waals surface area contributed by atoms with Crippen LogP contribution in [0.1, 0.15) is 13.8 Å². The Hall–Kier alpha value is -2.80. The third kappa shape index (κ3) is 9.19. The van der Waals surface area contributed by atoms with Crippen LogP contribution in [0.2, 0.25) is 0 Å². The molecule has 25 nitrogen and oxygen atoms in total. The highest BCUT2D eigenvalue weighted by atomic mass is 16.8. The monoisotopic (exact) mass is 776 g/mol. The van der Waals surface area contributed by atoms with E-state index in [4.69, 9.17) is 33.2 Å². The van der Waals surface area contributed by atoms with E-state index in [-0.39, 0.29) is 0 Å². The largest absolute Gasteiger partial charge is 0.479 e. The molecule has 25 heteroatoms. The van der Waals surface area contributed by atoms with Gasteiger partial charge in [-0.05, 0) is 0 Å². The molecule has 20 unspecified atom stereocenters. The first-order valence-corrected chi connectivity index (χ1v) is 16.1. The van der Waals surface area contributed by atoms with Gasteiger partial charge in [0.15, 0.2) is 37.4 Å². The zero-order chi connectivity index (χ0) is 39.6. The number of amides is 2. The van der Waals surface area contributed by atoms with Crippen molar-refractivity contribution in [1.82, 2.24) is 10.6 Å². The molecule has 0 aromatic heterocycles. The predicted octanol–water partition coefficient (Wildman–Crippen LogP) is -9.28. The maximum atomic E-state index is 12.5. The van der Waals surface area contributed by atoms with E-state index in [1.165, 1.54) is 0 Å². The van der Waals surface area contributed by atoms with Crippen molar-refractivity contribution >= 4 is 23.8 Å². The van der Waals surface area contributed by atoms with Crippen LogP contribution in [-0.2, 0) is 52.3 Å². The first-order chi connectivity index (χ1) is 24.8. The Bertz CT molecular complexity index is 1300. The van der Waals surface area contributed by atoms with Gasteiger partial charge >= 0.3 is 11.9 Å². The van der Waals surface area contributed by atoms with Crippen LogP contribution in [0.4, 0.5) is 0 Å². The molecule has 4 fully saturated rings. The summed E-state index contributed by atoms with van der Waals surface area (Å²) < 4.78 is 38.0. The number of carbonyl (C=O) groups is 4. The molecule has 14 N–H and O–H groups in total. The number of carboxylic acid groups (broad SMARTS) is 2. The molecule has 304 valence electrons. The highest BCUT2D eigenvalue weighted by Crippen LogP contribution is 2.34. The van der Waals surface area contributed by atoms with Crippen LogP contribution in [-0.4, -0.2) is 221 Å². The normalized spacial score (nSPS) is 46.3. The molecular formula is C28H44N2O23. The molecule has 0 aromatic rings. The topological polar surface area (TPSA) is 400 Å². The van der Waals surface area contributed by atoms with E-state index in [0.29, 0.717) is 0 Å². The van der Waals surface area contributed by atoms with Crippen molar-refractivity contribution in [3.8, 4) is 0 Å². The van der Waals surface area contributed by atoms with Gasteiger partial charge in [0.2, 0.25) is 11.8 Å². The molecule has 2 amide bonds. The highest BCUT2D eigenvalue weighted by Gasteiger charge is 2.57. The quantitative estimate of drug-likeness (QED) is 0.0875. The van der Waals surface area contributed by atoms with Crippen molar-refractivity contribution in [1.29, 1.82) is 0 Å². The Morgan fingerprint density at radius 1 is 0.509 bits per heavy atom. The predicted molar refractivity (Wildman–Crippen MR) is 158 cm³/mol. The van der Waals surface area contributed by atoms with Crippen molar-refractivity contribution in [2.24, 2.45) is 0 Å². The minimum atomic E-state index is -2.30. The Labute approximate surface area is 298 Å². The van der Waals surface area contributed by atoms with Gasteiger partial charge < -0.3 is 105 Å². The van der Waals surface area contributed by atoms with Crippen molar-refractivity contribution in [3.05, 3.63) is 0 Å². The fourth-order valence-corrected chi connectivity index (χ4v) is 6.30. The lowest BCUT2D eigenvalue weighted by atomic mass is 9.94. The molecule has 0 bridgehead atoms. The molecule has 4 rings (SSSR count). The van der Waals surface area contributed by atoms with E-state index in [1.807, 2.05) is 0 Å². The number of carbonyl (C=O) groups excluding carboxylic acids is 2. The van der Waals surface area contributed by atoms with Crippen molar-refractivity contribution in [3.63, 3.8) is 0 Å². The summed E-state index contributed by atoms with van der Waals surface area (Å²) in [5.41, 5.74) is 0. The molecule has 0 saturated carbocycles. The number of rotatable bonds is 12. The molecule has 53 heavy (non-hydrogen) atoms. The van der Waals surface area contributed by atoms with Gasteiger partial charge in [-0.15, -0.1) is 0 Å². The summed E-state index contributed by atoms with van der Waals surface area (Å²) in [5, 5.41) is 129. The van der Waals surface area contributed by atoms with Gasteiger partial charge in [0.1, 0.15) is 85.3 Å². The maximum absolute atomic E-state index is 12.5. The number of carboxylic acids is 2. The summed E-state index contributed by atoms with van der Waals surface area (Å²) in [6.45, 7) is 0.116. The fraction of sp³-hybridized carbons (Fsp3) is 0.857. The Balaban J connectivity index is 1.62. The molecule has 0 aliphatic carbocycles. The minimum absolute atomic E-state index is 0.752. The number of aliphatic hydroxyl groups is 10. The van der Waals surface area contributed by atoms with E-state index in [0.717, 1.165) is 13.8 Å². The number of ether oxygens (including phenoxy) is 7. The zero-order valence-corrected chi connectivity index (χ0v) is 27.8. The van der Waals surface area contributed by atoms with Crippen LogP contribution in [0, 0.1) is 0 Å². The molecule has 4 aliphatic rings. The third-order valence-corrected chi connectivity index (χ3v) is 8.94. The maximum Gasteiger partial charge on any atom is 0.335 e. The average molecular weight is 777 g/mol. The van der Waals surface area contributed by atoms with E-state index >= 15 is 0 Å². The van der Waals surface area contributed by atoms with E-state index in [1.54, 1.807) is 0 Å². The number of hydrogen-bond donors (Lipinski definition) is 14. The van der Waals surface area contributed by atoms with Gasteiger partial charge in [0.25, 0.3) is 0 Å². The second-order valence-electron chi connectivity index (χ2n) is 12.7. The van der Waals surface area contributed by atoms with Gasteiger partial charge in [-0.2, -0.15) is 0 Å². The molecule has 0 spiro atoms. The molecule has 4 saturated heterocycles. The molecule has 0 radical (unpaired) electrons. The van der Waals surface area contributed by atoms with Crippen molar-refractivity contribution < 1.29 is 114 Å². The van der Waals surface area contributed by atoms with Crippen LogP contribution in [0.5, 0.6) is 0 Å². The third-order valence-electron chi connectivity index (χ3n) is 8.94. The number of aliphatic carboxylic acids is 2. The average Bonchev–Trinajstić information content (AvgIpc) is 3.08. The molecule has 4 heterocycles. The molecular weight excluding hydrogens is 732 g/mol. The summed E-state index contributed by atoms with van der Waals surface area (Å²) in [4.78, 5) is 48.2. The van der Waals surface area contributed by atoms with Crippen molar-refractivity contribution in [2.45, 2.75) is 137 Å². The first-order valence-electron chi connectivity index (χ1n) is 16.1. The first kappa shape index (κ1) is 42.9. The van der Waals surface area contributed by atoms with Gasteiger partial charge in [-0.1, -0.05) is 0 Å². The highest BCUT2D eigenvalue weighted by molar-refractivity contribution is 5.74. The van der Waals surface area contributed by atoms with Crippen LogP contribution in [0.15, 0.2) is 0 Å². The lowest BCUT2D eigenvalue weighted by molar-refractivity contribution is -0.368. The van der Waals surface area contributed by atoms with Gasteiger partial charge in [-0.3, -0.25) is 9.59 Å². The fourth-order valence-electron chi connectivity index (χ4n) is 6.30. The van der Waals surface area contributed by atoms with E-state index in [9.17, 15) is 80.5 Å². The van der Waals surface area contributed by atoms with Crippen LogP contribution >= 0.6 is 0 Å². The SMILES string of the molecule is CC(=O)NC1C(O)OC(CO)C(O)C1OC1OC(C(=O)O)C(OC2OC(CO)C(O)C(OC3OC(C(=O)O)C(O)C(O)C3O)C2NC(C)=O)C(O)C1O. The van der Waals surface area contributed by atoms with Gasteiger partial charge in [-0.25, -0.2) is 9.59 Å². The smallest absolute Gasteiger partial charge is 0.335 e. The number of nitrogens with one attached hydrogen (secondary N) is 2. The number of aliphatic hydroxyl groups excluding tert-OH is 10. The zero-order valence-electron chi connectivity index (χ0n) is 27.8. The summed E-state index contributed by atoms with van der Waals surface area (Å²) in [6.07, 6.45) is -36.5. The summed E-state index contributed by atoms with van der Waals surface area (Å²) in [6, 6.07) is -3.38. The standard InChI is InChI=1S/C28H44N2O23/c1-5(33)29-9-18(11(35)7(3-31)47-25(9)46)49-28-17(41)15(39)20(22(53-28)24(44)45)51-26-10(30-6(2)34)19(12(36)8(4-32)48-26)50-27-16(40)13(37)14(38)21(52-27)23(42)43/h7-22,25-28,31-32,35-41,46H,3-4H2,1-2H3,(H,29,33)(H,30,34)(H,42,43)(H,44,45). The second kappa shape index (κ2) is 17.8. The van der Waals surface area contributed by atoms with Crippen LogP contribution < -0.4 is 10.6 Å². The second-order valence-corrected chi connectivity index (χ2v) is 12.7. The molecule has 20 atom stereocenters. The van der Waals surface area contributed by atoms with Crippen LogP contribution in [0.3, 0.4) is 0 Å². The molecule has 0 aromatic carbocycles. The van der Waals surface area contributed by atoms with Crippen molar-refractivity contribution in [2.75, 3.05) is 13.2 Å². The summed E-state index contributed by atoms with van der Waals surface area (Å²) in [5.74, 6) is -5.28. The Kier molecular flexibility index (Phi) is 14.4. The minimum Gasteiger partial charge on any atom is -0.479 e. The Morgan fingerprint density at radius 2 is 0.943 bits per heavy atom. The van der Waals surface area contributed by atoms with Gasteiger partial charge in [0.05, 0.1) is 13.2 Å². The molecule has 4 aliphatic heterocycles. The summed E-state index contributed by atoms with van der Waals surface area (Å²) >= 11 is 0. The lowest BCUT2D eigenvalue weighted by Crippen LogP contribution is -2.70. The van der Waals surface area contributed by atoms with E-state index in [2.05, 4.69) is 10.6 Å². The summed E-state index contributed by atoms with van der Waals surface area (Å²) in [7, 11) is 0. The Morgan fingerprint density at radius 3 is 1.43 bits per heavy atom. The van der Waals surface area contributed by atoms with Gasteiger partial charge in [0, 0.05) is 13.8 Å². The van der Waals surface area contributed by atoms with Crippen LogP contribution in [0.25, 0.3) is 0 Å².